The molecule has 3 rings (SSSR count). The topological polar surface area (TPSA) is 76.6 Å². The number of imide groups is 1. The van der Waals surface area contributed by atoms with E-state index in [2.05, 4.69) is 4.98 Å². The quantitative estimate of drug-likeness (QED) is 0.730. The number of esters is 1. The maximum atomic E-state index is 12.4. The molecule has 0 atom stereocenters. The molecule has 26 heavy (non-hydrogen) atoms. The van der Waals surface area contributed by atoms with Gasteiger partial charge in [-0.15, -0.1) is 0 Å². The number of amides is 2. The van der Waals surface area contributed by atoms with Crippen LogP contribution in [0.4, 0.5) is 0 Å². The van der Waals surface area contributed by atoms with Crippen LogP contribution in [0.1, 0.15) is 23.2 Å². The van der Waals surface area contributed by atoms with E-state index in [1.54, 1.807) is 30.5 Å². The van der Waals surface area contributed by atoms with Crippen molar-refractivity contribution >= 4 is 41.1 Å². The molecule has 6 nitrogen and oxygen atoms in total. The zero-order chi connectivity index (χ0) is 18.5. The largest absolute Gasteiger partial charge is 0.452 e. The second-order valence-corrected chi connectivity index (χ2v) is 7.03. The van der Waals surface area contributed by atoms with E-state index in [0.717, 1.165) is 9.80 Å². The number of carbonyl (C=O) groups is 3. The third-order valence-electron chi connectivity index (χ3n) is 3.72. The lowest BCUT2D eigenvalue weighted by atomic mass is 10.3. The summed E-state index contributed by atoms with van der Waals surface area (Å²) in [6.07, 6.45) is 2.57. The molecule has 1 aromatic carbocycles. The second-order valence-electron chi connectivity index (χ2n) is 5.53. The molecule has 1 aromatic heterocycles. The lowest BCUT2D eigenvalue weighted by Crippen LogP contribution is -2.35. The van der Waals surface area contributed by atoms with Gasteiger partial charge in [-0.3, -0.25) is 14.5 Å². The molecule has 2 amide bonds. The number of benzene rings is 1. The number of carbonyl (C=O) groups excluding carboxylic acids is 3. The van der Waals surface area contributed by atoms with Crippen LogP contribution in [-0.2, 0) is 14.3 Å². The summed E-state index contributed by atoms with van der Waals surface area (Å²) in [6, 6.07) is 10.3. The van der Waals surface area contributed by atoms with E-state index >= 15 is 0 Å². The van der Waals surface area contributed by atoms with Crippen molar-refractivity contribution in [2.24, 2.45) is 0 Å². The van der Waals surface area contributed by atoms with Crippen LogP contribution in [0.2, 0.25) is 5.02 Å². The van der Waals surface area contributed by atoms with Crippen molar-refractivity contribution in [2.75, 3.05) is 13.2 Å². The van der Waals surface area contributed by atoms with Crippen molar-refractivity contribution in [3.63, 3.8) is 0 Å². The summed E-state index contributed by atoms with van der Waals surface area (Å²) in [7, 11) is 0. The third kappa shape index (κ3) is 4.42. The van der Waals surface area contributed by atoms with Crippen LogP contribution in [0.15, 0.2) is 52.5 Å². The number of hydrogen-bond donors (Lipinski definition) is 0. The highest BCUT2D eigenvalue weighted by Gasteiger charge is 2.27. The molecule has 0 aliphatic carbocycles. The first-order valence-electron chi connectivity index (χ1n) is 7.93. The second kappa shape index (κ2) is 8.33. The Morgan fingerprint density at radius 3 is 2.69 bits per heavy atom. The molecular formula is C18H15ClN2O4S. The minimum absolute atomic E-state index is 0.230. The first-order chi connectivity index (χ1) is 12.5. The highest BCUT2D eigenvalue weighted by molar-refractivity contribution is 7.99. The van der Waals surface area contributed by atoms with Gasteiger partial charge in [0.1, 0.15) is 5.03 Å². The number of aromatic nitrogens is 1. The van der Waals surface area contributed by atoms with E-state index in [9.17, 15) is 14.4 Å². The Labute approximate surface area is 159 Å². The van der Waals surface area contributed by atoms with Crippen LogP contribution in [0, 0.1) is 0 Å². The van der Waals surface area contributed by atoms with E-state index in [4.69, 9.17) is 16.3 Å². The molecule has 0 unspecified atom stereocenters. The van der Waals surface area contributed by atoms with Gasteiger partial charge in [0.15, 0.2) is 6.61 Å². The molecule has 1 saturated heterocycles. The molecular weight excluding hydrogens is 376 g/mol. The van der Waals surface area contributed by atoms with Gasteiger partial charge >= 0.3 is 5.97 Å². The van der Waals surface area contributed by atoms with Gasteiger partial charge in [-0.1, -0.05) is 23.4 Å². The molecule has 0 spiro atoms. The van der Waals surface area contributed by atoms with Crippen LogP contribution in [0.5, 0.6) is 0 Å². The van der Waals surface area contributed by atoms with E-state index in [1.807, 2.05) is 12.1 Å². The summed E-state index contributed by atoms with van der Waals surface area (Å²) >= 11 is 7.16. The molecule has 1 aliphatic heterocycles. The maximum Gasteiger partial charge on any atom is 0.341 e. The zero-order valence-electron chi connectivity index (χ0n) is 13.7. The number of ether oxygens (including phenoxy) is 1. The monoisotopic (exact) mass is 390 g/mol. The lowest BCUT2D eigenvalue weighted by Gasteiger charge is -2.14. The van der Waals surface area contributed by atoms with Gasteiger partial charge in [-0.05, 0) is 42.8 Å². The average Bonchev–Trinajstić information content (AvgIpc) is 3.08. The van der Waals surface area contributed by atoms with E-state index < -0.39 is 18.5 Å². The van der Waals surface area contributed by atoms with Crippen LogP contribution < -0.4 is 0 Å². The Morgan fingerprint density at radius 1 is 1.23 bits per heavy atom. The maximum absolute atomic E-state index is 12.4. The van der Waals surface area contributed by atoms with E-state index in [0.29, 0.717) is 29.4 Å². The van der Waals surface area contributed by atoms with Gasteiger partial charge in [-0.2, -0.15) is 0 Å². The molecule has 2 heterocycles. The molecule has 0 bridgehead atoms. The van der Waals surface area contributed by atoms with Gasteiger partial charge in [-0.25, -0.2) is 9.78 Å². The standard InChI is InChI=1S/C18H15ClN2O4S/c19-12-5-7-13(8-6-12)26-17-14(3-1-9-20-17)18(24)25-11-16(23)21-10-2-4-15(21)22/h1,3,5-9H,2,4,10-11H2. The summed E-state index contributed by atoms with van der Waals surface area (Å²) in [5.74, 6) is -1.39. The number of rotatable bonds is 5. The summed E-state index contributed by atoms with van der Waals surface area (Å²) < 4.78 is 5.09. The van der Waals surface area contributed by atoms with Crippen molar-refractivity contribution in [1.29, 1.82) is 0 Å². The molecule has 8 heteroatoms. The molecule has 1 aliphatic rings. The van der Waals surface area contributed by atoms with Crippen LogP contribution in [0.3, 0.4) is 0 Å². The van der Waals surface area contributed by atoms with Crippen LogP contribution in [-0.4, -0.2) is 40.8 Å². The lowest BCUT2D eigenvalue weighted by molar-refractivity contribution is -0.143. The molecule has 0 N–H and O–H groups in total. The minimum Gasteiger partial charge on any atom is -0.452 e. The van der Waals surface area contributed by atoms with E-state index in [1.165, 1.54) is 11.8 Å². The fourth-order valence-corrected chi connectivity index (χ4v) is 3.43. The minimum atomic E-state index is -0.658. The molecule has 1 fully saturated rings. The number of pyridine rings is 1. The fourth-order valence-electron chi connectivity index (χ4n) is 2.44. The van der Waals surface area contributed by atoms with Crippen molar-refractivity contribution in [3.05, 3.63) is 53.2 Å². The van der Waals surface area contributed by atoms with Gasteiger partial charge < -0.3 is 4.74 Å². The van der Waals surface area contributed by atoms with Crippen LogP contribution in [0.25, 0.3) is 0 Å². The normalized spacial score (nSPS) is 13.7. The highest BCUT2D eigenvalue weighted by Crippen LogP contribution is 2.29. The van der Waals surface area contributed by atoms with Gasteiger partial charge in [0, 0.05) is 29.1 Å². The number of hydrogen-bond acceptors (Lipinski definition) is 6. The van der Waals surface area contributed by atoms with Gasteiger partial charge in [0.2, 0.25) is 5.91 Å². The van der Waals surface area contributed by atoms with Crippen molar-refractivity contribution < 1.29 is 19.1 Å². The Balaban J connectivity index is 1.66. The Bertz CT molecular complexity index is 841. The Morgan fingerprint density at radius 2 is 2.00 bits per heavy atom. The third-order valence-corrected chi connectivity index (χ3v) is 5.00. The smallest absolute Gasteiger partial charge is 0.341 e. The van der Waals surface area contributed by atoms with Crippen molar-refractivity contribution in [3.8, 4) is 0 Å². The van der Waals surface area contributed by atoms with Gasteiger partial charge in [0.25, 0.3) is 5.91 Å². The average molecular weight is 391 g/mol. The van der Waals surface area contributed by atoms with Crippen molar-refractivity contribution in [1.82, 2.24) is 9.88 Å². The first-order valence-corrected chi connectivity index (χ1v) is 9.13. The Hall–Kier alpha value is -2.38. The summed E-state index contributed by atoms with van der Waals surface area (Å²) in [5.41, 5.74) is 0.257. The fraction of sp³-hybridized carbons (Fsp3) is 0.222. The van der Waals surface area contributed by atoms with Gasteiger partial charge in [0.05, 0.1) is 5.56 Å². The Kier molecular flexibility index (Phi) is 5.90. The summed E-state index contributed by atoms with van der Waals surface area (Å²) in [6.45, 7) is -0.0930. The molecule has 0 saturated carbocycles. The SMILES string of the molecule is O=C(OCC(=O)N1CCCC1=O)c1cccnc1Sc1ccc(Cl)cc1. The zero-order valence-corrected chi connectivity index (χ0v) is 15.3. The van der Waals surface area contributed by atoms with Crippen molar-refractivity contribution in [2.45, 2.75) is 22.8 Å². The summed E-state index contributed by atoms with van der Waals surface area (Å²) in [4.78, 5) is 42.1. The summed E-state index contributed by atoms with van der Waals surface area (Å²) in [5, 5.41) is 1.08. The number of likely N-dealkylation sites (tertiary alicyclic amines) is 1. The highest BCUT2D eigenvalue weighted by atomic mass is 35.5. The number of halogens is 1. The van der Waals surface area contributed by atoms with Crippen LogP contribution >= 0.6 is 23.4 Å². The van der Waals surface area contributed by atoms with E-state index in [-0.39, 0.29) is 11.5 Å². The molecule has 134 valence electrons. The predicted octanol–water partition coefficient (Wildman–Crippen LogP) is 3.19. The first kappa shape index (κ1) is 18.4. The molecule has 0 radical (unpaired) electrons. The number of nitrogens with zero attached hydrogens (tertiary/aromatic N) is 2. The molecule has 2 aromatic rings. The predicted molar refractivity (Wildman–Crippen MR) is 96.0 cm³/mol.